The number of aryl methyl sites for hydroxylation is 1. The number of hydrogen-bond acceptors (Lipinski definition) is 3. The molecule has 0 aliphatic carbocycles. The zero-order chi connectivity index (χ0) is 11.4. The molecule has 1 saturated heterocycles. The molecule has 0 N–H and O–H groups in total. The fraction of sp³-hybridized carbons (Fsp3) is 0.667. The van der Waals surface area contributed by atoms with E-state index in [1.807, 2.05) is 10.9 Å². The summed E-state index contributed by atoms with van der Waals surface area (Å²) in [6.45, 7) is 3.66. The lowest BCUT2D eigenvalue weighted by Gasteiger charge is -2.20. The molecule has 1 atom stereocenters. The Morgan fingerprint density at radius 1 is 1.62 bits per heavy atom. The van der Waals surface area contributed by atoms with Crippen molar-refractivity contribution in [3.05, 3.63) is 18.0 Å². The van der Waals surface area contributed by atoms with E-state index in [-0.39, 0.29) is 11.9 Å². The third-order valence-corrected chi connectivity index (χ3v) is 2.84. The van der Waals surface area contributed by atoms with Gasteiger partial charge in [0.05, 0.1) is 11.8 Å². The van der Waals surface area contributed by atoms with Gasteiger partial charge in [0.2, 0.25) is 0 Å². The first kappa shape index (κ1) is 11.3. The van der Waals surface area contributed by atoms with Crippen LogP contribution in [0.15, 0.2) is 12.4 Å². The molecule has 1 aromatic rings. The molecule has 1 aliphatic rings. The molecule has 88 valence electrons. The summed E-state index contributed by atoms with van der Waals surface area (Å²) in [4.78, 5) is 12.0. The van der Waals surface area contributed by atoms with E-state index < -0.39 is 0 Å². The summed E-state index contributed by atoms with van der Waals surface area (Å²) in [7, 11) is 0. The molecule has 0 aromatic carbocycles. The number of nitrogens with zero attached hydrogens (tertiary/aromatic N) is 2. The monoisotopic (exact) mass is 222 g/mol. The smallest absolute Gasteiger partial charge is 0.194 e. The number of carbonyl (C=O) groups is 1. The van der Waals surface area contributed by atoms with E-state index in [0.717, 1.165) is 32.2 Å². The first-order valence-electron chi connectivity index (χ1n) is 5.99. The van der Waals surface area contributed by atoms with Crippen molar-refractivity contribution in [2.45, 2.75) is 45.3 Å². The van der Waals surface area contributed by atoms with Crippen LogP contribution < -0.4 is 0 Å². The van der Waals surface area contributed by atoms with E-state index in [2.05, 4.69) is 12.0 Å². The molecular weight excluding hydrogens is 204 g/mol. The third kappa shape index (κ3) is 2.50. The number of hydrogen-bond donors (Lipinski definition) is 0. The van der Waals surface area contributed by atoms with Crippen molar-refractivity contribution in [1.82, 2.24) is 9.78 Å². The quantitative estimate of drug-likeness (QED) is 0.732. The van der Waals surface area contributed by atoms with Gasteiger partial charge in [-0.25, -0.2) is 0 Å². The lowest BCUT2D eigenvalue weighted by molar-refractivity contribution is 0.0186. The van der Waals surface area contributed by atoms with Crippen molar-refractivity contribution < 1.29 is 9.53 Å². The standard InChI is InChI=1S/C12H18N2O2/c1-2-6-14-9-10(8-13-14)12(15)11-5-3-4-7-16-11/h8-9,11H,2-7H2,1H3. The van der Waals surface area contributed by atoms with Crippen LogP contribution in [0.1, 0.15) is 43.0 Å². The zero-order valence-corrected chi connectivity index (χ0v) is 9.69. The van der Waals surface area contributed by atoms with Crippen LogP contribution in [-0.2, 0) is 11.3 Å². The summed E-state index contributed by atoms with van der Waals surface area (Å²) in [5, 5.41) is 4.16. The van der Waals surface area contributed by atoms with Gasteiger partial charge >= 0.3 is 0 Å². The van der Waals surface area contributed by atoms with E-state index in [1.165, 1.54) is 0 Å². The van der Waals surface area contributed by atoms with Crippen molar-refractivity contribution >= 4 is 5.78 Å². The van der Waals surface area contributed by atoms with Gasteiger partial charge in [-0.2, -0.15) is 5.10 Å². The van der Waals surface area contributed by atoms with Crippen LogP contribution in [-0.4, -0.2) is 28.3 Å². The lowest BCUT2D eigenvalue weighted by atomic mass is 10.0. The Balaban J connectivity index is 2.01. The predicted molar refractivity (Wildman–Crippen MR) is 60.4 cm³/mol. The van der Waals surface area contributed by atoms with E-state index in [1.54, 1.807) is 6.20 Å². The molecule has 0 bridgehead atoms. The number of rotatable bonds is 4. The van der Waals surface area contributed by atoms with Crippen molar-refractivity contribution in [2.24, 2.45) is 0 Å². The van der Waals surface area contributed by atoms with Gasteiger partial charge in [-0.15, -0.1) is 0 Å². The molecule has 0 amide bonds. The molecule has 16 heavy (non-hydrogen) atoms. The molecule has 1 fully saturated rings. The molecule has 1 aliphatic heterocycles. The third-order valence-electron chi connectivity index (χ3n) is 2.84. The van der Waals surface area contributed by atoms with Crippen LogP contribution in [0.2, 0.25) is 0 Å². The molecule has 4 nitrogen and oxygen atoms in total. The molecule has 0 saturated carbocycles. The second-order valence-corrected chi connectivity index (χ2v) is 4.21. The van der Waals surface area contributed by atoms with Crippen LogP contribution in [0.3, 0.4) is 0 Å². The first-order valence-corrected chi connectivity index (χ1v) is 5.99. The second-order valence-electron chi connectivity index (χ2n) is 4.21. The Bertz CT molecular complexity index is 354. The highest BCUT2D eigenvalue weighted by Crippen LogP contribution is 2.17. The fourth-order valence-corrected chi connectivity index (χ4v) is 1.98. The van der Waals surface area contributed by atoms with Gasteiger partial charge in [-0.3, -0.25) is 9.48 Å². The highest BCUT2D eigenvalue weighted by molar-refractivity contribution is 5.99. The number of carbonyl (C=O) groups excluding carboxylic acids is 1. The molecule has 2 rings (SSSR count). The van der Waals surface area contributed by atoms with Gasteiger partial charge in [-0.1, -0.05) is 6.92 Å². The van der Waals surface area contributed by atoms with Gasteiger partial charge in [0.1, 0.15) is 6.10 Å². The number of Topliss-reactive ketones (excluding diaryl/α,β-unsaturated/α-hetero) is 1. The SMILES string of the molecule is CCCn1cc(C(=O)C2CCCCO2)cn1. The molecule has 0 spiro atoms. The zero-order valence-electron chi connectivity index (χ0n) is 9.69. The van der Waals surface area contributed by atoms with Crippen LogP contribution in [0.5, 0.6) is 0 Å². The summed E-state index contributed by atoms with van der Waals surface area (Å²) < 4.78 is 7.29. The van der Waals surface area contributed by atoms with Crippen LogP contribution >= 0.6 is 0 Å². The maximum absolute atomic E-state index is 12.0. The van der Waals surface area contributed by atoms with Crippen LogP contribution in [0.25, 0.3) is 0 Å². The molecule has 4 heteroatoms. The number of ketones is 1. The minimum absolute atomic E-state index is 0.0852. The topological polar surface area (TPSA) is 44.1 Å². The van der Waals surface area contributed by atoms with E-state index in [9.17, 15) is 4.79 Å². The highest BCUT2D eigenvalue weighted by Gasteiger charge is 2.24. The van der Waals surface area contributed by atoms with E-state index in [4.69, 9.17) is 4.74 Å². The minimum atomic E-state index is -0.243. The molecular formula is C12H18N2O2. The highest BCUT2D eigenvalue weighted by atomic mass is 16.5. The van der Waals surface area contributed by atoms with Crippen molar-refractivity contribution in [3.63, 3.8) is 0 Å². The second kappa shape index (κ2) is 5.25. The van der Waals surface area contributed by atoms with Gasteiger partial charge in [0.25, 0.3) is 0 Å². The van der Waals surface area contributed by atoms with Crippen molar-refractivity contribution in [2.75, 3.05) is 6.61 Å². The average molecular weight is 222 g/mol. The summed E-state index contributed by atoms with van der Waals surface area (Å²) in [5.41, 5.74) is 0.681. The van der Waals surface area contributed by atoms with Gasteiger partial charge < -0.3 is 4.74 Å². The summed E-state index contributed by atoms with van der Waals surface area (Å²) in [6, 6.07) is 0. The summed E-state index contributed by atoms with van der Waals surface area (Å²) >= 11 is 0. The summed E-state index contributed by atoms with van der Waals surface area (Å²) in [5.74, 6) is 0.0852. The Labute approximate surface area is 95.6 Å². The predicted octanol–water partition coefficient (Wildman–Crippen LogP) is 2.04. The lowest BCUT2D eigenvalue weighted by Crippen LogP contribution is -2.27. The number of ether oxygens (including phenoxy) is 1. The van der Waals surface area contributed by atoms with Crippen LogP contribution in [0.4, 0.5) is 0 Å². The molecule has 2 heterocycles. The number of aromatic nitrogens is 2. The fourth-order valence-electron chi connectivity index (χ4n) is 1.98. The van der Waals surface area contributed by atoms with Crippen LogP contribution in [0, 0.1) is 0 Å². The van der Waals surface area contributed by atoms with Gasteiger partial charge in [0, 0.05) is 19.3 Å². The molecule has 1 unspecified atom stereocenters. The Hall–Kier alpha value is -1.16. The van der Waals surface area contributed by atoms with Gasteiger partial charge in [0.15, 0.2) is 5.78 Å². The summed E-state index contributed by atoms with van der Waals surface area (Å²) in [6.07, 6.45) is 7.25. The first-order chi connectivity index (χ1) is 7.81. The Morgan fingerprint density at radius 2 is 2.50 bits per heavy atom. The van der Waals surface area contributed by atoms with Crippen molar-refractivity contribution in [3.8, 4) is 0 Å². The Morgan fingerprint density at radius 3 is 3.19 bits per heavy atom. The minimum Gasteiger partial charge on any atom is -0.370 e. The maximum Gasteiger partial charge on any atom is 0.194 e. The van der Waals surface area contributed by atoms with E-state index in [0.29, 0.717) is 12.2 Å². The average Bonchev–Trinajstić information content (AvgIpc) is 2.78. The van der Waals surface area contributed by atoms with E-state index >= 15 is 0 Å². The normalized spacial score (nSPS) is 20.9. The van der Waals surface area contributed by atoms with Gasteiger partial charge in [-0.05, 0) is 25.7 Å². The molecule has 0 radical (unpaired) electrons. The van der Waals surface area contributed by atoms with Crippen molar-refractivity contribution in [1.29, 1.82) is 0 Å². The maximum atomic E-state index is 12.0. The Kier molecular flexibility index (Phi) is 3.72. The largest absolute Gasteiger partial charge is 0.370 e. The molecule has 1 aromatic heterocycles.